The van der Waals surface area contributed by atoms with Gasteiger partial charge in [-0.05, 0) is 60.9 Å². The molecule has 37 heavy (non-hydrogen) atoms. The van der Waals surface area contributed by atoms with Gasteiger partial charge < -0.3 is 19.9 Å². The van der Waals surface area contributed by atoms with E-state index in [1.165, 1.54) is 12.1 Å². The molecule has 1 aliphatic rings. The van der Waals surface area contributed by atoms with Gasteiger partial charge in [0.05, 0.1) is 5.56 Å². The van der Waals surface area contributed by atoms with E-state index in [9.17, 15) is 14.4 Å². The zero-order chi connectivity index (χ0) is 25.9. The number of aromatic nitrogens is 1. The van der Waals surface area contributed by atoms with Crippen LogP contribution in [0.5, 0.6) is 0 Å². The molecule has 7 nitrogen and oxygen atoms in total. The van der Waals surface area contributed by atoms with E-state index in [2.05, 4.69) is 5.32 Å². The van der Waals surface area contributed by atoms with Crippen LogP contribution in [0.3, 0.4) is 0 Å². The predicted molar refractivity (Wildman–Crippen MR) is 143 cm³/mol. The van der Waals surface area contributed by atoms with Crippen molar-refractivity contribution in [1.29, 1.82) is 0 Å². The summed E-state index contributed by atoms with van der Waals surface area (Å²) < 4.78 is 2.04. The summed E-state index contributed by atoms with van der Waals surface area (Å²) in [4.78, 5) is 39.5. The lowest BCUT2D eigenvalue weighted by Crippen LogP contribution is -2.42. The molecule has 1 aliphatic heterocycles. The summed E-state index contributed by atoms with van der Waals surface area (Å²) in [6.45, 7) is 1.48. The molecule has 0 saturated carbocycles. The van der Waals surface area contributed by atoms with Crippen molar-refractivity contribution in [1.82, 2.24) is 9.47 Å². The molecule has 1 fully saturated rings. The van der Waals surface area contributed by atoms with Crippen molar-refractivity contribution < 1.29 is 19.5 Å². The number of carbonyl (C=O) groups excluding carboxylic acids is 2. The molecule has 1 saturated heterocycles. The first kappa shape index (κ1) is 24.6. The molecule has 0 atom stereocenters. The first-order valence-corrected chi connectivity index (χ1v) is 12.5. The van der Waals surface area contributed by atoms with Gasteiger partial charge in [-0.2, -0.15) is 0 Å². The molecule has 188 valence electrons. The van der Waals surface area contributed by atoms with Crippen LogP contribution in [-0.2, 0) is 11.3 Å². The minimum absolute atomic E-state index is 0.0572. The van der Waals surface area contributed by atoms with Crippen LogP contribution in [0.4, 0.5) is 5.69 Å². The predicted octanol–water partition coefficient (Wildman–Crippen LogP) is 5.53. The SMILES string of the molecule is O=C(O)c1cccc(NC(=O)C2CCN(C(=O)c3cc4ccccc4n3Cc3ccc(Cl)cc3)CC2)c1. The van der Waals surface area contributed by atoms with Crippen LogP contribution < -0.4 is 5.32 Å². The fourth-order valence-electron chi connectivity index (χ4n) is 4.81. The Hall–Kier alpha value is -4.10. The molecule has 1 aromatic heterocycles. The maximum atomic E-state index is 13.6. The first-order valence-electron chi connectivity index (χ1n) is 12.2. The van der Waals surface area contributed by atoms with Gasteiger partial charge in [-0.1, -0.05) is 48.0 Å². The molecular formula is C29H26ClN3O4. The Balaban J connectivity index is 1.29. The van der Waals surface area contributed by atoms with Crippen LogP contribution >= 0.6 is 11.6 Å². The monoisotopic (exact) mass is 515 g/mol. The van der Waals surface area contributed by atoms with Crippen LogP contribution in [0.1, 0.15) is 39.3 Å². The van der Waals surface area contributed by atoms with Crippen LogP contribution in [0, 0.1) is 5.92 Å². The summed E-state index contributed by atoms with van der Waals surface area (Å²) in [7, 11) is 0. The van der Waals surface area contributed by atoms with Crippen LogP contribution in [0.25, 0.3) is 10.9 Å². The zero-order valence-corrected chi connectivity index (χ0v) is 20.8. The number of rotatable bonds is 6. The number of nitrogens with zero attached hydrogens (tertiary/aromatic N) is 2. The Kier molecular flexibility index (Phi) is 6.97. The summed E-state index contributed by atoms with van der Waals surface area (Å²) in [5.41, 5.74) is 3.22. The van der Waals surface area contributed by atoms with Gasteiger partial charge >= 0.3 is 5.97 Å². The second-order valence-electron chi connectivity index (χ2n) is 9.24. The molecular weight excluding hydrogens is 490 g/mol. The standard InChI is InChI=1S/C29H26ClN3O4/c30-23-10-8-19(9-11-23)18-33-25-7-2-1-4-21(25)17-26(33)28(35)32-14-12-20(13-15-32)27(34)31-24-6-3-5-22(16-24)29(36)37/h1-11,16-17,20H,12-15,18H2,(H,31,34)(H,36,37). The number of benzene rings is 3. The Morgan fingerprint density at radius 2 is 1.65 bits per heavy atom. The molecule has 8 heteroatoms. The highest BCUT2D eigenvalue weighted by molar-refractivity contribution is 6.30. The van der Waals surface area contributed by atoms with Crippen molar-refractivity contribution in [3.63, 3.8) is 0 Å². The molecule has 0 aliphatic carbocycles. The number of hydrogen-bond acceptors (Lipinski definition) is 3. The third-order valence-electron chi connectivity index (χ3n) is 6.81. The number of hydrogen-bond donors (Lipinski definition) is 2. The summed E-state index contributed by atoms with van der Waals surface area (Å²) in [6.07, 6.45) is 1.07. The molecule has 3 aromatic carbocycles. The first-order chi connectivity index (χ1) is 17.9. The highest BCUT2D eigenvalue weighted by Gasteiger charge is 2.29. The topological polar surface area (TPSA) is 91.6 Å². The van der Waals surface area contributed by atoms with Crippen molar-refractivity contribution in [3.8, 4) is 0 Å². The number of fused-ring (bicyclic) bond motifs is 1. The van der Waals surface area contributed by atoms with Crippen molar-refractivity contribution in [2.45, 2.75) is 19.4 Å². The third kappa shape index (κ3) is 5.37. The van der Waals surface area contributed by atoms with E-state index in [1.807, 2.05) is 59.2 Å². The minimum atomic E-state index is -1.05. The van der Waals surface area contributed by atoms with Gasteiger partial charge in [0.2, 0.25) is 5.91 Å². The number of amides is 2. The molecule has 0 spiro atoms. The summed E-state index contributed by atoms with van der Waals surface area (Å²) in [5, 5.41) is 13.7. The van der Waals surface area contributed by atoms with Gasteiger partial charge in [0, 0.05) is 47.2 Å². The number of anilines is 1. The van der Waals surface area contributed by atoms with Crippen molar-refractivity contribution in [3.05, 3.63) is 101 Å². The second kappa shape index (κ2) is 10.5. The van der Waals surface area contributed by atoms with Crippen molar-refractivity contribution in [2.75, 3.05) is 18.4 Å². The Labute approximate surface area is 219 Å². The largest absolute Gasteiger partial charge is 0.478 e. The summed E-state index contributed by atoms with van der Waals surface area (Å²) in [6, 6.07) is 23.7. The number of carbonyl (C=O) groups is 3. The lowest BCUT2D eigenvalue weighted by atomic mass is 9.95. The lowest BCUT2D eigenvalue weighted by Gasteiger charge is -2.31. The third-order valence-corrected chi connectivity index (χ3v) is 7.07. The Bertz CT molecular complexity index is 1470. The second-order valence-corrected chi connectivity index (χ2v) is 9.68. The van der Waals surface area contributed by atoms with E-state index >= 15 is 0 Å². The van der Waals surface area contributed by atoms with Gasteiger partial charge in [-0.15, -0.1) is 0 Å². The number of halogens is 1. The van der Waals surface area contributed by atoms with Crippen LogP contribution in [-0.4, -0.2) is 45.4 Å². The van der Waals surface area contributed by atoms with Crippen molar-refractivity contribution in [2.24, 2.45) is 5.92 Å². The number of carboxylic acid groups (broad SMARTS) is 1. The average molecular weight is 516 g/mol. The minimum Gasteiger partial charge on any atom is -0.478 e. The van der Waals surface area contributed by atoms with Gasteiger partial charge in [0.1, 0.15) is 5.69 Å². The highest BCUT2D eigenvalue weighted by Crippen LogP contribution is 2.26. The molecule has 4 aromatic rings. The van der Waals surface area contributed by atoms with E-state index in [1.54, 1.807) is 17.0 Å². The van der Waals surface area contributed by atoms with Gasteiger partial charge in [-0.3, -0.25) is 9.59 Å². The van der Waals surface area contributed by atoms with Gasteiger partial charge in [0.15, 0.2) is 0 Å². The summed E-state index contributed by atoms with van der Waals surface area (Å²) >= 11 is 6.05. The number of likely N-dealkylation sites (tertiary alicyclic amines) is 1. The number of aromatic carboxylic acids is 1. The average Bonchev–Trinajstić information content (AvgIpc) is 3.28. The number of carboxylic acids is 1. The molecule has 0 bridgehead atoms. The quantitative estimate of drug-likeness (QED) is 0.353. The summed E-state index contributed by atoms with van der Waals surface area (Å²) in [5.74, 6) is -1.52. The molecule has 2 heterocycles. The normalized spacial score (nSPS) is 14.0. The molecule has 0 unspecified atom stereocenters. The maximum Gasteiger partial charge on any atom is 0.335 e. The zero-order valence-electron chi connectivity index (χ0n) is 20.1. The maximum absolute atomic E-state index is 13.6. The fourth-order valence-corrected chi connectivity index (χ4v) is 4.94. The van der Waals surface area contributed by atoms with Crippen LogP contribution in [0.15, 0.2) is 78.9 Å². The van der Waals surface area contributed by atoms with E-state index < -0.39 is 5.97 Å². The Morgan fingerprint density at radius 1 is 0.919 bits per heavy atom. The molecule has 2 amide bonds. The fraction of sp³-hybridized carbons (Fsp3) is 0.207. The van der Waals surface area contributed by atoms with E-state index in [0.29, 0.717) is 48.9 Å². The van der Waals surface area contributed by atoms with E-state index in [4.69, 9.17) is 16.7 Å². The molecule has 5 rings (SSSR count). The molecule has 0 radical (unpaired) electrons. The lowest BCUT2D eigenvalue weighted by molar-refractivity contribution is -0.121. The van der Waals surface area contributed by atoms with E-state index in [0.717, 1.165) is 16.5 Å². The molecule has 2 N–H and O–H groups in total. The number of para-hydroxylation sites is 1. The highest BCUT2D eigenvalue weighted by atomic mass is 35.5. The van der Waals surface area contributed by atoms with E-state index in [-0.39, 0.29) is 23.3 Å². The van der Waals surface area contributed by atoms with Gasteiger partial charge in [-0.25, -0.2) is 4.79 Å². The Morgan fingerprint density at radius 3 is 2.38 bits per heavy atom. The smallest absolute Gasteiger partial charge is 0.335 e. The number of piperidine rings is 1. The number of nitrogens with one attached hydrogen (secondary N) is 1. The van der Waals surface area contributed by atoms with Crippen molar-refractivity contribution >= 4 is 46.0 Å². The van der Waals surface area contributed by atoms with Gasteiger partial charge in [0.25, 0.3) is 5.91 Å². The van der Waals surface area contributed by atoms with Crippen LogP contribution in [0.2, 0.25) is 5.02 Å².